The molecule has 1 heterocycles. The van der Waals surface area contributed by atoms with E-state index in [9.17, 15) is 18.7 Å². The number of rotatable bonds is 8. The predicted octanol–water partition coefficient (Wildman–Crippen LogP) is 6.68. The minimum Gasteiger partial charge on any atom is -0.506 e. The van der Waals surface area contributed by atoms with Crippen molar-refractivity contribution in [1.82, 2.24) is 15.6 Å². The van der Waals surface area contributed by atoms with Crippen molar-refractivity contribution in [2.75, 3.05) is 0 Å². The number of aromatic nitrogens is 1. The van der Waals surface area contributed by atoms with Gasteiger partial charge in [-0.3, -0.25) is 9.78 Å². The number of halogens is 2. The fourth-order valence-electron chi connectivity index (χ4n) is 4.74. The molecule has 1 amide bonds. The number of pyridine rings is 1. The molecule has 0 spiro atoms. The fraction of sp³-hybridized carbons (Fsp3) is 0.226. The van der Waals surface area contributed by atoms with Crippen LogP contribution < -0.4 is 10.6 Å². The molecule has 0 saturated heterocycles. The van der Waals surface area contributed by atoms with Crippen LogP contribution in [0.5, 0.6) is 5.75 Å². The molecular weight excluding hydrogens is 484 g/mol. The van der Waals surface area contributed by atoms with E-state index in [1.54, 1.807) is 48.7 Å². The van der Waals surface area contributed by atoms with Crippen LogP contribution in [-0.4, -0.2) is 22.0 Å². The Hall–Kier alpha value is -4.26. The van der Waals surface area contributed by atoms with E-state index in [0.717, 1.165) is 42.0 Å². The number of hydrogen-bond donors (Lipinski definition) is 3. The predicted molar refractivity (Wildman–Crippen MR) is 145 cm³/mol. The second-order valence-electron chi connectivity index (χ2n) is 9.76. The number of carbonyl (C=O) groups is 1. The highest BCUT2D eigenvalue weighted by atomic mass is 19.3. The molecule has 5 rings (SSSR count). The largest absolute Gasteiger partial charge is 0.506 e. The number of fused-ring (bicyclic) bond motifs is 1. The van der Waals surface area contributed by atoms with E-state index in [4.69, 9.17) is 0 Å². The van der Waals surface area contributed by atoms with Crippen LogP contribution in [0.1, 0.15) is 48.2 Å². The molecule has 1 aliphatic rings. The smallest absolute Gasteiger partial charge is 0.270 e. The first-order chi connectivity index (χ1) is 18.2. The highest BCUT2D eigenvalue weighted by Gasteiger charge is 2.28. The number of benzene rings is 3. The van der Waals surface area contributed by atoms with Crippen molar-refractivity contribution in [2.24, 2.45) is 0 Å². The van der Waals surface area contributed by atoms with Crippen molar-refractivity contribution in [3.63, 3.8) is 0 Å². The number of hydrogen-bond acceptors (Lipinski definition) is 4. The van der Waals surface area contributed by atoms with Crippen LogP contribution in [0.3, 0.4) is 0 Å². The highest BCUT2D eigenvalue weighted by molar-refractivity contribution is 5.96. The first-order valence-electron chi connectivity index (χ1n) is 12.6. The van der Waals surface area contributed by atoms with Gasteiger partial charge in [0.15, 0.2) is 0 Å². The third kappa shape index (κ3) is 5.52. The Morgan fingerprint density at radius 2 is 1.82 bits per heavy atom. The minimum absolute atomic E-state index is 0.00309. The number of allylic oxidation sites excluding steroid dienone is 1. The van der Waals surface area contributed by atoms with E-state index in [-0.39, 0.29) is 29.8 Å². The fourth-order valence-corrected chi connectivity index (χ4v) is 4.74. The third-order valence-electron chi connectivity index (χ3n) is 6.76. The maximum atomic E-state index is 14.1. The number of nitrogens with zero attached hydrogens (tertiary/aromatic N) is 1. The average molecular weight is 514 g/mol. The minimum atomic E-state index is -2.94. The number of amides is 1. The molecule has 194 valence electrons. The molecule has 5 nitrogen and oxygen atoms in total. The molecular formula is C31H29F2N3O2. The van der Waals surface area contributed by atoms with Crippen molar-refractivity contribution in [3.8, 4) is 16.9 Å². The molecule has 7 heteroatoms. The van der Waals surface area contributed by atoms with Crippen molar-refractivity contribution in [3.05, 3.63) is 107 Å². The summed E-state index contributed by atoms with van der Waals surface area (Å²) in [6.07, 6.45) is 3.47. The van der Waals surface area contributed by atoms with Gasteiger partial charge in [-0.2, -0.15) is 0 Å². The lowest BCUT2D eigenvalue weighted by Crippen LogP contribution is -2.38. The van der Waals surface area contributed by atoms with Gasteiger partial charge in [0.05, 0.1) is 6.04 Å². The molecule has 0 aliphatic heterocycles. The molecule has 1 aliphatic carbocycles. The Morgan fingerprint density at radius 3 is 2.58 bits per heavy atom. The first kappa shape index (κ1) is 25.4. The van der Waals surface area contributed by atoms with E-state index in [1.807, 2.05) is 31.2 Å². The quantitative estimate of drug-likeness (QED) is 0.246. The van der Waals surface area contributed by atoms with Gasteiger partial charge < -0.3 is 15.7 Å². The van der Waals surface area contributed by atoms with Crippen molar-refractivity contribution in [1.29, 1.82) is 0 Å². The molecule has 1 saturated carbocycles. The second kappa shape index (κ2) is 10.2. The van der Waals surface area contributed by atoms with Crippen LogP contribution in [0.25, 0.3) is 22.0 Å². The Balaban J connectivity index is 1.32. The van der Waals surface area contributed by atoms with Gasteiger partial charge in [-0.1, -0.05) is 42.5 Å². The van der Waals surface area contributed by atoms with Gasteiger partial charge in [-0.05, 0) is 72.4 Å². The Bertz CT molecular complexity index is 1540. The van der Waals surface area contributed by atoms with Crippen LogP contribution >= 0.6 is 0 Å². The van der Waals surface area contributed by atoms with E-state index in [1.165, 1.54) is 11.6 Å². The van der Waals surface area contributed by atoms with E-state index >= 15 is 0 Å². The van der Waals surface area contributed by atoms with Gasteiger partial charge >= 0.3 is 0 Å². The molecule has 4 aromatic rings. The van der Waals surface area contributed by atoms with Crippen LogP contribution in [-0.2, 0) is 12.5 Å². The van der Waals surface area contributed by atoms with Crippen LogP contribution in [0.2, 0.25) is 0 Å². The molecule has 1 fully saturated rings. The SMILES string of the molecule is CC(NC(=O)c1cccc(-c2cc(O)c3ncccc3c2)c1)C(NCc1ccccc1C(C)(F)F)=C1CC1. The number of phenolic OH excluding ortho intramolecular Hbond substituents is 1. The van der Waals surface area contributed by atoms with Gasteiger partial charge in [-0.15, -0.1) is 0 Å². The Labute approximate surface area is 220 Å². The molecule has 0 bridgehead atoms. The summed E-state index contributed by atoms with van der Waals surface area (Å²) < 4.78 is 28.1. The molecule has 1 atom stereocenters. The molecule has 38 heavy (non-hydrogen) atoms. The van der Waals surface area contributed by atoms with Crippen molar-refractivity contribution < 1.29 is 18.7 Å². The maximum Gasteiger partial charge on any atom is 0.270 e. The molecule has 3 aromatic carbocycles. The lowest BCUT2D eigenvalue weighted by molar-refractivity contribution is 0.0164. The third-order valence-corrected chi connectivity index (χ3v) is 6.76. The number of nitrogens with one attached hydrogen (secondary N) is 2. The summed E-state index contributed by atoms with van der Waals surface area (Å²) in [5, 5.41) is 17.6. The summed E-state index contributed by atoms with van der Waals surface area (Å²) in [7, 11) is 0. The van der Waals surface area contributed by atoms with Gasteiger partial charge in [0.1, 0.15) is 11.3 Å². The summed E-state index contributed by atoms with van der Waals surface area (Å²) in [4.78, 5) is 17.4. The zero-order valence-corrected chi connectivity index (χ0v) is 21.3. The monoisotopic (exact) mass is 513 g/mol. The molecule has 1 unspecified atom stereocenters. The summed E-state index contributed by atoms with van der Waals surface area (Å²) in [5.74, 6) is -3.10. The second-order valence-corrected chi connectivity index (χ2v) is 9.76. The first-order valence-corrected chi connectivity index (χ1v) is 12.6. The average Bonchev–Trinajstić information content (AvgIpc) is 3.74. The van der Waals surface area contributed by atoms with E-state index < -0.39 is 5.92 Å². The number of aromatic hydroxyl groups is 1. The van der Waals surface area contributed by atoms with Gasteiger partial charge in [0.2, 0.25) is 0 Å². The summed E-state index contributed by atoms with van der Waals surface area (Å²) >= 11 is 0. The van der Waals surface area contributed by atoms with E-state index in [0.29, 0.717) is 16.6 Å². The van der Waals surface area contributed by atoms with Gasteiger partial charge in [0.25, 0.3) is 11.8 Å². The maximum absolute atomic E-state index is 14.1. The van der Waals surface area contributed by atoms with Crippen molar-refractivity contribution >= 4 is 16.8 Å². The molecule has 3 N–H and O–H groups in total. The Kier molecular flexibility index (Phi) is 6.85. The Morgan fingerprint density at radius 1 is 1.03 bits per heavy atom. The summed E-state index contributed by atoms with van der Waals surface area (Å²) in [6.45, 7) is 3.04. The van der Waals surface area contributed by atoms with Crippen LogP contribution in [0, 0.1) is 0 Å². The lowest BCUT2D eigenvalue weighted by Gasteiger charge is -2.22. The number of phenols is 1. The number of carbonyl (C=O) groups excluding carboxylic acids is 1. The van der Waals surface area contributed by atoms with Crippen molar-refractivity contribution in [2.45, 2.75) is 45.2 Å². The number of alkyl halides is 2. The zero-order valence-electron chi connectivity index (χ0n) is 21.3. The topological polar surface area (TPSA) is 74.2 Å². The van der Waals surface area contributed by atoms with Gasteiger partial charge in [0, 0.05) is 41.9 Å². The highest BCUT2D eigenvalue weighted by Crippen LogP contribution is 2.34. The van der Waals surface area contributed by atoms with Crippen LogP contribution in [0.15, 0.2) is 90.3 Å². The molecule has 0 radical (unpaired) electrons. The standard InChI is InChI=1S/C31H29F2N3O2/c1-19(28(20-12-13-20)35-18-24-7-3-4-11-26(24)31(2,32)33)36-30(38)23-9-5-8-21(15-23)25-16-22-10-6-14-34-29(22)27(37)17-25/h3-11,14-17,19,35,37H,12-13,18H2,1-2H3,(H,36,38). The normalized spacial score (nSPS) is 13.7. The van der Waals surface area contributed by atoms with Gasteiger partial charge in [-0.25, -0.2) is 8.78 Å². The van der Waals surface area contributed by atoms with E-state index in [2.05, 4.69) is 15.6 Å². The summed E-state index contributed by atoms with van der Waals surface area (Å²) in [6, 6.07) is 20.7. The zero-order chi connectivity index (χ0) is 26.9. The van der Waals surface area contributed by atoms with Crippen LogP contribution in [0.4, 0.5) is 8.78 Å². The lowest BCUT2D eigenvalue weighted by atomic mass is 10.00. The summed E-state index contributed by atoms with van der Waals surface area (Å²) in [5.41, 5.74) is 5.16. The molecule has 1 aromatic heterocycles.